The molecule has 1 aliphatic heterocycles. The first-order valence-electron chi connectivity index (χ1n) is 10.5. The van der Waals surface area contributed by atoms with E-state index in [2.05, 4.69) is 21.2 Å². The van der Waals surface area contributed by atoms with E-state index < -0.39 is 35.1 Å². The Balaban J connectivity index is 1.66. The minimum atomic E-state index is -1.39. The molecule has 0 saturated carbocycles. The van der Waals surface area contributed by atoms with Crippen LogP contribution in [0, 0.1) is 18.3 Å². The van der Waals surface area contributed by atoms with E-state index in [0.29, 0.717) is 11.4 Å². The van der Waals surface area contributed by atoms with Crippen LogP contribution in [0.2, 0.25) is 0 Å². The first kappa shape index (κ1) is 24.3. The lowest BCUT2D eigenvalue weighted by Crippen LogP contribution is -2.58. The van der Waals surface area contributed by atoms with Crippen LogP contribution >= 0.6 is 0 Å². The molecule has 1 saturated heterocycles. The Bertz CT molecular complexity index is 1180. The third-order valence-corrected chi connectivity index (χ3v) is 4.94. The Hall–Kier alpha value is -4.34. The lowest BCUT2D eigenvalue weighted by atomic mass is 9.95. The summed E-state index contributed by atoms with van der Waals surface area (Å²) in [6.45, 7) is 7.17. The van der Waals surface area contributed by atoms with E-state index in [-0.39, 0.29) is 11.5 Å². The van der Waals surface area contributed by atoms with E-state index in [0.717, 1.165) is 16.7 Å². The number of aryl methyl sites for hydroxylation is 1. The normalized spacial score (nSPS) is 16.4. The summed E-state index contributed by atoms with van der Waals surface area (Å²) in [7, 11) is 0. The molecule has 6 amide bonds. The van der Waals surface area contributed by atoms with Gasteiger partial charge in [0.1, 0.15) is 0 Å². The summed E-state index contributed by atoms with van der Waals surface area (Å²) in [5, 5.41) is 8.60. The van der Waals surface area contributed by atoms with Crippen molar-refractivity contribution >= 4 is 47.2 Å². The number of barbiturate groups is 1. The first-order valence-corrected chi connectivity index (χ1v) is 10.5. The van der Waals surface area contributed by atoms with Gasteiger partial charge < -0.3 is 5.32 Å². The van der Waals surface area contributed by atoms with Gasteiger partial charge in [-0.3, -0.25) is 24.5 Å². The van der Waals surface area contributed by atoms with Gasteiger partial charge in [0.2, 0.25) is 11.8 Å². The molecular weight excluding hydrogens is 438 g/mol. The molecule has 2 aromatic carbocycles. The largest absolute Gasteiger partial charge is 0.335 e. The zero-order valence-corrected chi connectivity index (χ0v) is 19.2. The smallest absolute Gasteiger partial charge is 0.326 e. The van der Waals surface area contributed by atoms with Crippen LogP contribution < -0.4 is 21.0 Å². The third kappa shape index (κ3) is 5.52. The van der Waals surface area contributed by atoms with E-state index in [1.807, 2.05) is 0 Å². The minimum absolute atomic E-state index is 0.164. The maximum absolute atomic E-state index is 12.8. The standard InChI is InChI=1S/C24H25N5O5/c1-14-6-5-7-17(12-14)29-21(32)18(20(31)27-23(29)34)13-25-28-19(30)15-8-10-16(11-9-15)26-22(33)24(2,3)4/h5-13,18H,1-4H3,(H,26,33)(H,28,30)(H,27,31,34)/b25-13-/t18-/m0/s1. The van der Waals surface area contributed by atoms with Crippen molar-refractivity contribution in [2.24, 2.45) is 16.4 Å². The SMILES string of the molecule is Cc1cccc(N2C(=O)NC(=O)[C@H](/C=N\NC(=O)c3ccc(NC(=O)C(C)(C)C)cc3)C2=O)c1. The number of imide groups is 2. The second-order valence-electron chi connectivity index (χ2n) is 8.79. The number of hydrogen-bond donors (Lipinski definition) is 3. The molecule has 1 aliphatic rings. The van der Waals surface area contributed by atoms with Gasteiger partial charge >= 0.3 is 6.03 Å². The van der Waals surface area contributed by atoms with Crippen LogP contribution in [-0.2, 0) is 14.4 Å². The predicted octanol–water partition coefficient (Wildman–Crippen LogP) is 2.59. The number of anilines is 2. The molecule has 176 valence electrons. The number of hydrogen-bond acceptors (Lipinski definition) is 6. The molecule has 3 N–H and O–H groups in total. The summed E-state index contributed by atoms with van der Waals surface area (Å²) >= 11 is 0. The predicted molar refractivity (Wildman–Crippen MR) is 126 cm³/mol. The first-order chi connectivity index (χ1) is 16.0. The molecule has 1 heterocycles. The third-order valence-electron chi connectivity index (χ3n) is 4.94. The van der Waals surface area contributed by atoms with E-state index in [1.165, 1.54) is 12.1 Å². The Labute approximate surface area is 196 Å². The highest BCUT2D eigenvalue weighted by Gasteiger charge is 2.40. The Morgan fingerprint density at radius 2 is 1.74 bits per heavy atom. The van der Waals surface area contributed by atoms with Crippen molar-refractivity contribution in [1.82, 2.24) is 10.7 Å². The second-order valence-corrected chi connectivity index (χ2v) is 8.79. The molecule has 0 unspecified atom stereocenters. The van der Waals surface area contributed by atoms with Gasteiger partial charge in [-0.2, -0.15) is 5.10 Å². The topological polar surface area (TPSA) is 137 Å². The summed E-state index contributed by atoms with van der Waals surface area (Å²) < 4.78 is 0. The quantitative estimate of drug-likeness (QED) is 0.356. The van der Waals surface area contributed by atoms with E-state index >= 15 is 0 Å². The highest BCUT2D eigenvalue weighted by molar-refractivity contribution is 6.32. The van der Waals surface area contributed by atoms with E-state index in [9.17, 15) is 24.0 Å². The van der Waals surface area contributed by atoms with Crippen molar-refractivity contribution in [3.63, 3.8) is 0 Å². The molecule has 0 aromatic heterocycles. The molecule has 2 aromatic rings. The van der Waals surface area contributed by atoms with E-state index in [4.69, 9.17) is 0 Å². The lowest BCUT2D eigenvalue weighted by molar-refractivity contribution is -0.131. The number of amides is 6. The molecule has 34 heavy (non-hydrogen) atoms. The average molecular weight is 463 g/mol. The van der Waals surface area contributed by atoms with Gasteiger partial charge in [-0.1, -0.05) is 32.9 Å². The van der Waals surface area contributed by atoms with Gasteiger partial charge in [0.15, 0.2) is 5.92 Å². The average Bonchev–Trinajstić information content (AvgIpc) is 2.75. The van der Waals surface area contributed by atoms with Crippen LogP contribution in [0.15, 0.2) is 53.6 Å². The molecule has 1 atom stereocenters. The number of rotatable bonds is 5. The molecule has 0 aliphatic carbocycles. The summed E-state index contributed by atoms with van der Waals surface area (Å²) in [5.41, 5.74) is 3.62. The zero-order chi connectivity index (χ0) is 25.0. The highest BCUT2D eigenvalue weighted by Crippen LogP contribution is 2.21. The van der Waals surface area contributed by atoms with Crippen LogP contribution in [0.1, 0.15) is 36.7 Å². The fourth-order valence-corrected chi connectivity index (χ4v) is 2.99. The number of nitrogens with one attached hydrogen (secondary N) is 3. The fourth-order valence-electron chi connectivity index (χ4n) is 2.99. The second kappa shape index (κ2) is 9.65. The number of carbonyl (C=O) groups excluding carboxylic acids is 5. The van der Waals surface area contributed by atoms with Crippen molar-refractivity contribution in [2.75, 3.05) is 10.2 Å². The summed E-state index contributed by atoms with van der Waals surface area (Å²) in [6.07, 6.45) is 0.975. The summed E-state index contributed by atoms with van der Waals surface area (Å²) in [4.78, 5) is 62.5. The van der Waals surface area contributed by atoms with Gasteiger partial charge in [-0.05, 0) is 48.9 Å². The highest BCUT2D eigenvalue weighted by atomic mass is 16.2. The van der Waals surface area contributed by atoms with Crippen LogP contribution in [0.4, 0.5) is 16.2 Å². The minimum Gasteiger partial charge on any atom is -0.326 e. The molecule has 10 heteroatoms. The Morgan fingerprint density at radius 3 is 2.35 bits per heavy atom. The van der Waals surface area contributed by atoms with Crippen molar-refractivity contribution < 1.29 is 24.0 Å². The van der Waals surface area contributed by atoms with Gasteiger partial charge in [0.05, 0.1) is 5.69 Å². The van der Waals surface area contributed by atoms with Crippen molar-refractivity contribution in [2.45, 2.75) is 27.7 Å². The zero-order valence-electron chi connectivity index (χ0n) is 19.2. The van der Waals surface area contributed by atoms with Crippen molar-refractivity contribution in [3.05, 3.63) is 59.7 Å². The summed E-state index contributed by atoms with van der Waals surface area (Å²) in [6, 6.07) is 12.0. The van der Waals surface area contributed by atoms with Crippen molar-refractivity contribution in [3.8, 4) is 0 Å². The maximum Gasteiger partial charge on any atom is 0.335 e. The molecule has 10 nitrogen and oxygen atoms in total. The molecule has 3 rings (SSSR count). The lowest BCUT2D eigenvalue weighted by Gasteiger charge is -2.28. The van der Waals surface area contributed by atoms with Gasteiger partial charge in [-0.15, -0.1) is 0 Å². The number of nitrogens with zero attached hydrogens (tertiary/aromatic N) is 2. The van der Waals surface area contributed by atoms with Gasteiger partial charge in [-0.25, -0.2) is 15.1 Å². The summed E-state index contributed by atoms with van der Waals surface area (Å²) in [5.74, 6) is -3.76. The maximum atomic E-state index is 12.8. The Morgan fingerprint density at radius 1 is 1.06 bits per heavy atom. The van der Waals surface area contributed by atoms with Crippen LogP contribution in [0.5, 0.6) is 0 Å². The van der Waals surface area contributed by atoms with Crippen LogP contribution in [0.25, 0.3) is 0 Å². The number of urea groups is 1. The van der Waals surface area contributed by atoms with Gasteiger partial charge in [0, 0.05) is 22.9 Å². The number of benzene rings is 2. The fraction of sp³-hybridized carbons (Fsp3) is 0.250. The van der Waals surface area contributed by atoms with Gasteiger partial charge in [0.25, 0.3) is 11.8 Å². The molecule has 0 spiro atoms. The van der Waals surface area contributed by atoms with Crippen LogP contribution in [0.3, 0.4) is 0 Å². The molecule has 1 fully saturated rings. The molecule has 0 bridgehead atoms. The number of carbonyl (C=O) groups is 5. The monoisotopic (exact) mass is 463 g/mol. The molecular formula is C24H25N5O5. The van der Waals surface area contributed by atoms with Crippen LogP contribution in [-0.4, -0.2) is 35.9 Å². The van der Waals surface area contributed by atoms with Crippen molar-refractivity contribution in [1.29, 1.82) is 0 Å². The Kier molecular flexibility index (Phi) is 6.90. The molecule has 0 radical (unpaired) electrons. The number of hydrazone groups is 1. The van der Waals surface area contributed by atoms with E-state index in [1.54, 1.807) is 64.1 Å².